The van der Waals surface area contributed by atoms with Gasteiger partial charge in [-0.05, 0) is 30.0 Å². The van der Waals surface area contributed by atoms with Crippen molar-refractivity contribution in [1.29, 1.82) is 0 Å². The van der Waals surface area contributed by atoms with Gasteiger partial charge in [-0.15, -0.1) is 0 Å². The van der Waals surface area contributed by atoms with E-state index in [1.165, 1.54) is 0 Å². The molecule has 0 spiro atoms. The van der Waals surface area contributed by atoms with Gasteiger partial charge in [0.15, 0.2) is 0 Å². The summed E-state index contributed by atoms with van der Waals surface area (Å²) in [6.07, 6.45) is 0. The summed E-state index contributed by atoms with van der Waals surface area (Å²) in [5.41, 5.74) is 1.27. The summed E-state index contributed by atoms with van der Waals surface area (Å²) < 4.78 is 26.3. The summed E-state index contributed by atoms with van der Waals surface area (Å²) in [7, 11) is -1.76. The van der Waals surface area contributed by atoms with Crippen molar-refractivity contribution >= 4 is 20.0 Å². The number of rotatable bonds is 6. The van der Waals surface area contributed by atoms with Crippen LogP contribution in [0.5, 0.6) is 0 Å². The van der Waals surface area contributed by atoms with Crippen molar-refractivity contribution in [3.05, 3.63) is 35.4 Å². The molecule has 6 nitrogen and oxygen atoms in total. The van der Waals surface area contributed by atoms with Gasteiger partial charge in [0.1, 0.15) is 0 Å². The topological polar surface area (TPSA) is 78.9 Å². The fraction of sp³-hybridized carbons (Fsp3) is 0.500. The average Bonchev–Trinajstić information content (AvgIpc) is 2.51. The normalized spacial score (nSPS) is 14.0. The van der Waals surface area contributed by atoms with Crippen LogP contribution in [0.1, 0.15) is 43.6 Å². The maximum Gasteiger partial charge on any atom is 0.357 e. The van der Waals surface area contributed by atoms with Gasteiger partial charge in [-0.3, -0.25) is 4.57 Å². The van der Waals surface area contributed by atoms with Crippen molar-refractivity contribution in [1.82, 2.24) is 0 Å². The lowest BCUT2D eigenvalue weighted by Gasteiger charge is -2.19. The summed E-state index contributed by atoms with van der Waals surface area (Å²) >= 11 is 0. The molecule has 0 aliphatic heterocycles. The van der Waals surface area contributed by atoms with E-state index in [1.54, 1.807) is 19.1 Å². The zero-order valence-electron chi connectivity index (χ0n) is 14.0. The summed E-state index contributed by atoms with van der Waals surface area (Å²) in [6, 6.07) is 6.84. The maximum atomic E-state index is 12.1. The molecular formula is C16H23O6P. The lowest BCUT2D eigenvalue weighted by Crippen LogP contribution is -2.26. The number of carbonyl (C=O) groups excluding carboxylic acids is 2. The predicted molar refractivity (Wildman–Crippen MR) is 87.0 cm³/mol. The van der Waals surface area contributed by atoms with Crippen LogP contribution in [0.2, 0.25) is 0 Å². The van der Waals surface area contributed by atoms with Crippen LogP contribution in [0, 0.1) is 0 Å². The molecule has 0 fully saturated rings. The minimum absolute atomic E-state index is 0.0445. The standard InChI is InChI=1S/C16H23O6P/c1-6-21-23(19)15(14(18)20-5)22-13(17)11-7-9-12(10-8-11)16(2,3)4/h7-10,15,23H,6H2,1-5H3. The molecule has 23 heavy (non-hydrogen) atoms. The highest BCUT2D eigenvalue weighted by Gasteiger charge is 2.31. The Bertz CT molecular complexity index is 573. The molecule has 7 heteroatoms. The largest absolute Gasteiger partial charge is 0.466 e. The molecule has 0 aromatic heterocycles. The Kier molecular flexibility index (Phi) is 6.98. The molecule has 2 unspecified atom stereocenters. The van der Waals surface area contributed by atoms with E-state index in [0.717, 1.165) is 12.7 Å². The highest BCUT2D eigenvalue weighted by atomic mass is 31.1. The molecule has 128 valence electrons. The second-order valence-electron chi connectivity index (χ2n) is 5.89. The zero-order valence-corrected chi connectivity index (χ0v) is 15.0. The number of esters is 2. The minimum atomic E-state index is -2.89. The second-order valence-corrected chi connectivity index (χ2v) is 7.34. The quantitative estimate of drug-likeness (QED) is 0.584. The van der Waals surface area contributed by atoms with Crippen LogP contribution >= 0.6 is 8.03 Å². The van der Waals surface area contributed by atoms with Crippen LogP contribution in [-0.4, -0.2) is 31.5 Å². The first-order valence-corrected chi connectivity index (χ1v) is 8.66. The molecule has 0 aliphatic carbocycles. The van der Waals surface area contributed by atoms with E-state index >= 15 is 0 Å². The SMILES string of the molecule is CCO[PH](=O)C(OC(=O)c1ccc(C(C)(C)C)cc1)C(=O)OC. The molecule has 2 atom stereocenters. The number of hydrogen-bond donors (Lipinski definition) is 0. The number of ether oxygens (including phenoxy) is 2. The summed E-state index contributed by atoms with van der Waals surface area (Å²) in [5.74, 6) is -3.19. The minimum Gasteiger partial charge on any atom is -0.466 e. The third kappa shape index (κ3) is 5.48. The zero-order chi connectivity index (χ0) is 17.6. The molecule has 0 saturated carbocycles. The fourth-order valence-corrected chi connectivity index (χ4v) is 2.75. The van der Waals surface area contributed by atoms with Crippen LogP contribution < -0.4 is 0 Å². The lowest BCUT2D eigenvalue weighted by atomic mass is 9.87. The number of carbonyl (C=O) groups is 2. The van der Waals surface area contributed by atoms with Gasteiger partial charge in [0.05, 0.1) is 19.3 Å². The van der Waals surface area contributed by atoms with E-state index < -0.39 is 25.8 Å². The van der Waals surface area contributed by atoms with Gasteiger partial charge < -0.3 is 14.0 Å². The molecular weight excluding hydrogens is 319 g/mol. The molecule has 0 radical (unpaired) electrons. The highest BCUT2D eigenvalue weighted by Crippen LogP contribution is 2.32. The summed E-state index contributed by atoms with van der Waals surface area (Å²) in [5, 5.41) is 0. The Morgan fingerprint density at radius 1 is 1.17 bits per heavy atom. The van der Waals surface area contributed by atoms with Gasteiger partial charge in [-0.1, -0.05) is 32.9 Å². The molecule has 0 saturated heterocycles. The Morgan fingerprint density at radius 3 is 2.17 bits per heavy atom. The van der Waals surface area contributed by atoms with Crippen LogP contribution in [0.3, 0.4) is 0 Å². The smallest absolute Gasteiger partial charge is 0.357 e. The van der Waals surface area contributed by atoms with Gasteiger partial charge in [0.25, 0.3) is 5.85 Å². The predicted octanol–water partition coefficient (Wildman–Crippen LogP) is 3.15. The van der Waals surface area contributed by atoms with E-state index in [0.29, 0.717) is 0 Å². The lowest BCUT2D eigenvalue weighted by molar-refractivity contribution is -0.146. The molecule has 0 bridgehead atoms. The van der Waals surface area contributed by atoms with E-state index in [1.807, 2.05) is 12.1 Å². The monoisotopic (exact) mass is 342 g/mol. The third-order valence-electron chi connectivity index (χ3n) is 3.13. The van der Waals surface area contributed by atoms with Gasteiger partial charge in [0.2, 0.25) is 8.03 Å². The Morgan fingerprint density at radius 2 is 1.74 bits per heavy atom. The fourth-order valence-electron chi connectivity index (χ4n) is 1.80. The molecule has 1 aromatic rings. The summed E-state index contributed by atoms with van der Waals surface area (Å²) in [6.45, 7) is 7.94. The summed E-state index contributed by atoms with van der Waals surface area (Å²) in [4.78, 5) is 23.8. The van der Waals surface area contributed by atoms with Crippen molar-refractivity contribution in [2.24, 2.45) is 0 Å². The van der Waals surface area contributed by atoms with Crippen molar-refractivity contribution in [3.63, 3.8) is 0 Å². The molecule has 0 N–H and O–H groups in total. The molecule has 1 rings (SSSR count). The molecule has 0 amide bonds. The first-order chi connectivity index (χ1) is 10.7. The van der Waals surface area contributed by atoms with Gasteiger partial charge in [0, 0.05) is 0 Å². The molecule has 1 aromatic carbocycles. The van der Waals surface area contributed by atoms with Crippen molar-refractivity contribution in [3.8, 4) is 0 Å². The number of hydrogen-bond acceptors (Lipinski definition) is 6. The third-order valence-corrected chi connectivity index (χ3v) is 4.48. The van der Waals surface area contributed by atoms with E-state index in [2.05, 4.69) is 25.5 Å². The van der Waals surface area contributed by atoms with Crippen molar-refractivity contribution in [2.45, 2.75) is 39.0 Å². The van der Waals surface area contributed by atoms with Crippen LogP contribution in [0.15, 0.2) is 24.3 Å². The van der Waals surface area contributed by atoms with Gasteiger partial charge >= 0.3 is 11.9 Å². The Labute approximate surface area is 137 Å². The van der Waals surface area contributed by atoms with Crippen LogP contribution in [-0.2, 0) is 28.8 Å². The molecule has 0 aliphatic rings. The maximum absolute atomic E-state index is 12.1. The Balaban J connectivity index is 2.90. The first kappa shape index (κ1) is 19.4. The second kappa shape index (κ2) is 8.27. The first-order valence-electron chi connectivity index (χ1n) is 7.26. The van der Waals surface area contributed by atoms with Gasteiger partial charge in [-0.2, -0.15) is 0 Å². The average molecular weight is 342 g/mol. The van der Waals surface area contributed by atoms with Crippen molar-refractivity contribution < 1.29 is 28.2 Å². The number of benzene rings is 1. The van der Waals surface area contributed by atoms with E-state index in [9.17, 15) is 14.2 Å². The van der Waals surface area contributed by atoms with E-state index in [-0.39, 0.29) is 17.6 Å². The van der Waals surface area contributed by atoms with Crippen LogP contribution in [0.25, 0.3) is 0 Å². The van der Waals surface area contributed by atoms with Crippen LogP contribution in [0.4, 0.5) is 0 Å². The van der Waals surface area contributed by atoms with E-state index in [4.69, 9.17) is 9.26 Å². The highest BCUT2D eigenvalue weighted by molar-refractivity contribution is 7.41. The Hall–Kier alpha value is -1.65. The number of methoxy groups -OCH3 is 1. The van der Waals surface area contributed by atoms with Gasteiger partial charge in [-0.25, -0.2) is 9.59 Å². The van der Waals surface area contributed by atoms with Crippen molar-refractivity contribution in [2.75, 3.05) is 13.7 Å². The molecule has 0 heterocycles.